The van der Waals surface area contributed by atoms with Gasteiger partial charge in [0, 0.05) is 18.3 Å². The van der Waals surface area contributed by atoms with E-state index >= 15 is 0 Å². The van der Waals surface area contributed by atoms with E-state index < -0.39 is 0 Å². The lowest BCUT2D eigenvalue weighted by Gasteiger charge is -2.15. The minimum atomic E-state index is 0.469. The van der Waals surface area contributed by atoms with Gasteiger partial charge in [-0.2, -0.15) is 0 Å². The van der Waals surface area contributed by atoms with E-state index in [4.69, 9.17) is 0 Å². The Balaban J connectivity index is 1.63. The van der Waals surface area contributed by atoms with E-state index in [0.717, 1.165) is 24.0 Å². The number of hydrogen-bond donors (Lipinski definition) is 1. The molecule has 1 N–H and O–H groups in total. The molecule has 0 amide bonds. The van der Waals surface area contributed by atoms with Gasteiger partial charge >= 0.3 is 0 Å². The minimum Gasteiger partial charge on any atom is -0.369 e. The molecule has 2 saturated carbocycles. The van der Waals surface area contributed by atoms with Crippen molar-refractivity contribution in [3.05, 3.63) is 18.1 Å². The summed E-state index contributed by atoms with van der Waals surface area (Å²) in [6.45, 7) is 5.43. The summed E-state index contributed by atoms with van der Waals surface area (Å²) in [7, 11) is 0. The van der Waals surface area contributed by atoms with Crippen LogP contribution in [0.2, 0.25) is 0 Å². The maximum atomic E-state index is 4.31. The zero-order chi connectivity index (χ0) is 11.9. The van der Waals surface area contributed by atoms with Gasteiger partial charge in [-0.15, -0.1) is 0 Å². The Morgan fingerprint density at radius 1 is 1.35 bits per heavy atom. The number of hydrogen-bond acceptors (Lipinski definition) is 3. The van der Waals surface area contributed by atoms with Crippen molar-refractivity contribution in [2.24, 2.45) is 11.3 Å². The third kappa shape index (κ3) is 2.28. The van der Waals surface area contributed by atoms with Gasteiger partial charge in [-0.1, -0.05) is 13.8 Å². The van der Waals surface area contributed by atoms with Crippen LogP contribution in [-0.2, 0) is 0 Å². The van der Waals surface area contributed by atoms with Crippen molar-refractivity contribution < 1.29 is 0 Å². The monoisotopic (exact) mass is 231 g/mol. The highest BCUT2D eigenvalue weighted by Gasteiger charge is 2.53. The van der Waals surface area contributed by atoms with Crippen LogP contribution in [-0.4, -0.2) is 16.5 Å². The first-order valence-electron chi connectivity index (χ1n) is 6.75. The van der Waals surface area contributed by atoms with Crippen molar-refractivity contribution in [3.8, 4) is 0 Å². The van der Waals surface area contributed by atoms with Crippen LogP contribution in [0.4, 0.5) is 5.82 Å². The van der Waals surface area contributed by atoms with Gasteiger partial charge in [0.05, 0.1) is 0 Å². The van der Waals surface area contributed by atoms with E-state index in [1.165, 1.54) is 25.7 Å². The fourth-order valence-corrected chi connectivity index (χ4v) is 2.64. The summed E-state index contributed by atoms with van der Waals surface area (Å²) in [6, 6.07) is 2.09. The third-order valence-corrected chi connectivity index (χ3v) is 4.24. The molecule has 92 valence electrons. The topological polar surface area (TPSA) is 37.8 Å². The van der Waals surface area contributed by atoms with E-state index in [0.29, 0.717) is 11.3 Å². The first-order chi connectivity index (χ1) is 8.20. The molecule has 0 atom stereocenters. The molecule has 0 spiro atoms. The molecule has 3 rings (SSSR count). The zero-order valence-electron chi connectivity index (χ0n) is 10.7. The molecule has 17 heavy (non-hydrogen) atoms. The summed E-state index contributed by atoms with van der Waals surface area (Å²) in [5, 5.41) is 3.51. The number of nitrogens with zero attached hydrogens (tertiary/aromatic N) is 2. The Labute approximate surface area is 103 Å². The molecule has 2 aliphatic rings. The van der Waals surface area contributed by atoms with Crippen LogP contribution in [0.3, 0.4) is 0 Å². The van der Waals surface area contributed by atoms with Crippen molar-refractivity contribution in [1.82, 2.24) is 9.97 Å². The van der Waals surface area contributed by atoms with Crippen LogP contribution < -0.4 is 5.32 Å². The molecule has 0 unspecified atom stereocenters. The summed E-state index contributed by atoms with van der Waals surface area (Å²) in [5.41, 5.74) is 1.75. The summed E-state index contributed by atoms with van der Waals surface area (Å²) < 4.78 is 0. The number of rotatable bonds is 5. The van der Waals surface area contributed by atoms with Gasteiger partial charge < -0.3 is 5.32 Å². The fourth-order valence-electron chi connectivity index (χ4n) is 2.64. The predicted molar refractivity (Wildman–Crippen MR) is 69.0 cm³/mol. The second-order valence-electron chi connectivity index (χ2n) is 5.97. The minimum absolute atomic E-state index is 0.469. The molecular formula is C14H21N3. The first kappa shape index (κ1) is 11.0. The number of nitrogens with one attached hydrogen (secondary N) is 1. The zero-order valence-corrected chi connectivity index (χ0v) is 10.7. The Morgan fingerprint density at radius 2 is 2.12 bits per heavy atom. The van der Waals surface area contributed by atoms with E-state index in [9.17, 15) is 0 Å². The van der Waals surface area contributed by atoms with Gasteiger partial charge in [-0.25, -0.2) is 9.97 Å². The molecule has 0 aromatic carbocycles. The predicted octanol–water partition coefficient (Wildman–Crippen LogP) is 3.20. The first-order valence-corrected chi connectivity index (χ1v) is 6.75. The maximum Gasteiger partial charge on any atom is 0.129 e. The highest BCUT2D eigenvalue weighted by Crippen LogP contribution is 2.61. The van der Waals surface area contributed by atoms with Crippen molar-refractivity contribution >= 4 is 5.82 Å². The van der Waals surface area contributed by atoms with Crippen molar-refractivity contribution in [1.29, 1.82) is 0 Å². The molecule has 0 aliphatic heterocycles. The van der Waals surface area contributed by atoms with E-state index in [-0.39, 0.29) is 0 Å². The Morgan fingerprint density at radius 3 is 2.71 bits per heavy atom. The summed E-state index contributed by atoms with van der Waals surface area (Å²) in [6.07, 6.45) is 7.39. The lowest BCUT2D eigenvalue weighted by atomic mass is 10.0. The van der Waals surface area contributed by atoms with Crippen LogP contribution in [0, 0.1) is 11.3 Å². The number of anilines is 1. The second kappa shape index (κ2) is 3.97. The van der Waals surface area contributed by atoms with Gasteiger partial charge in [0.15, 0.2) is 0 Å². The maximum absolute atomic E-state index is 4.31. The standard InChI is InChI=1S/C14H21N3/c1-10(2)12-7-13(17-9-16-12)15-8-14(5-6-14)11-3-4-11/h7,9-11H,3-6,8H2,1-2H3,(H,15,16,17). The van der Waals surface area contributed by atoms with E-state index in [2.05, 4.69) is 35.2 Å². The molecule has 0 bridgehead atoms. The molecule has 3 nitrogen and oxygen atoms in total. The summed E-state index contributed by atoms with van der Waals surface area (Å²) in [4.78, 5) is 8.61. The van der Waals surface area contributed by atoms with E-state index in [1.807, 2.05) is 0 Å². The van der Waals surface area contributed by atoms with Gasteiger partial charge in [-0.05, 0) is 42.9 Å². The molecule has 2 aliphatic carbocycles. The average molecular weight is 231 g/mol. The van der Waals surface area contributed by atoms with Crippen LogP contribution in [0.1, 0.15) is 51.1 Å². The van der Waals surface area contributed by atoms with Gasteiger partial charge in [0.2, 0.25) is 0 Å². The van der Waals surface area contributed by atoms with Crippen LogP contribution in [0.15, 0.2) is 12.4 Å². The lowest BCUT2D eigenvalue weighted by Crippen LogP contribution is -2.18. The summed E-state index contributed by atoms with van der Waals surface area (Å²) >= 11 is 0. The van der Waals surface area contributed by atoms with Crippen LogP contribution in [0.25, 0.3) is 0 Å². The van der Waals surface area contributed by atoms with E-state index in [1.54, 1.807) is 6.33 Å². The molecule has 0 saturated heterocycles. The highest BCUT2D eigenvalue weighted by molar-refractivity contribution is 5.36. The molecule has 1 heterocycles. The fraction of sp³-hybridized carbons (Fsp3) is 0.714. The van der Waals surface area contributed by atoms with Gasteiger partial charge in [-0.3, -0.25) is 0 Å². The second-order valence-corrected chi connectivity index (χ2v) is 5.97. The molecule has 1 aromatic rings. The Bertz CT molecular complexity index is 406. The average Bonchev–Trinajstić information content (AvgIpc) is 3.17. The lowest BCUT2D eigenvalue weighted by molar-refractivity contribution is 0.466. The Kier molecular flexibility index (Phi) is 2.57. The highest BCUT2D eigenvalue weighted by atomic mass is 15.0. The molecule has 0 radical (unpaired) electrons. The van der Waals surface area contributed by atoms with Gasteiger partial charge in [0.25, 0.3) is 0 Å². The quantitative estimate of drug-likeness (QED) is 0.845. The largest absolute Gasteiger partial charge is 0.369 e. The van der Waals surface area contributed by atoms with Crippen LogP contribution >= 0.6 is 0 Å². The summed E-state index contributed by atoms with van der Waals surface area (Å²) in [5.74, 6) is 2.47. The number of aromatic nitrogens is 2. The molecule has 1 aromatic heterocycles. The van der Waals surface area contributed by atoms with Crippen molar-refractivity contribution in [2.45, 2.75) is 45.4 Å². The molecule has 3 heteroatoms. The van der Waals surface area contributed by atoms with Crippen molar-refractivity contribution in [3.63, 3.8) is 0 Å². The molecular weight excluding hydrogens is 210 g/mol. The van der Waals surface area contributed by atoms with Gasteiger partial charge in [0.1, 0.15) is 12.1 Å². The SMILES string of the molecule is CC(C)c1cc(NCC2(C3CC3)CC2)ncn1. The Hall–Kier alpha value is -1.12. The third-order valence-electron chi connectivity index (χ3n) is 4.24. The molecule has 2 fully saturated rings. The van der Waals surface area contributed by atoms with Crippen LogP contribution in [0.5, 0.6) is 0 Å². The smallest absolute Gasteiger partial charge is 0.129 e. The van der Waals surface area contributed by atoms with Crippen molar-refractivity contribution in [2.75, 3.05) is 11.9 Å². The normalized spacial score (nSPS) is 21.6.